The summed E-state index contributed by atoms with van der Waals surface area (Å²) in [6.45, 7) is 6.82. The van der Waals surface area contributed by atoms with E-state index >= 15 is 0 Å². The van der Waals surface area contributed by atoms with Crippen molar-refractivity contribution < 1.29 is 0 Å². The van der Waals surface area contributed by atoms with E-state index in [4.69, 9.17) is 4.98 Å². The summed E-state index contributed by atoms with van der Waals surface area (Å²) in [6, 6.07) is 5.66. The van der Waals surface area contributed by atoms with Crippen LogP contribution in [0.5, 0.6) is 0 Å². The van der Waals surface area contributed by atoms with E-state index in [9.17, 15) is 4.79 Å². The lowest BCUT2D eigenvalue weighted by atomic mass is 9.83. The van der Waals surface area contributed by atoms with Crippen LogP contribution in [0, 0.1) is 19.8 Å². The van der Waals surface area contributed by atoms with Crippen LogP contribution in [0.3, 0.4) is 0 Å². The highest BCUT2D eigenvalue weighted by Crippen LogP contribution is 2.37. The molecule has 132 valence electrons. The average molecular weight is 339 g/mol. The van der Waals surface area contributed by atoms with Crippen LogP contribution in [-0.4, -0.2) is 41.7 Å². The van der Waals surface area contributed by atoms with Crippen LogP contribution in [0.4, 0.5) is 11.8 Å². The van der Waals surface area contributed by atoms with E-state index in [2.05, 4.69) is 22.9 Å². The first-order valence-corrected chi connectivity index (χ1v) is 8.91. The highest BCUT2D eigenvalue weighted by Gasteiger charge is 2.35. The molecule has 2 unspecified atom stereocenters. The summed E-state index contributed by atoms with van der Waals surface area (Å²) < 4.78 is 1.97. The summed E-state index contributed by atoms with van der Waals surface area (Å²) in [5.41, 5.74) is 3.48. The topological polar surface area (TPSA) is 54.3 Å². The zero-order chi connectivity index (χ0) is 17.7. The van der Waals surface area contributed by atoms with Gasteiger partial charge in [0.2, 0.25) is 5.95 Å². The predicted molar refractivity (Wildman–Crippen MR) is 99.6 cm³/mol. The molecule has 25 heavy (non-hydrogen) atoms. The van der Waals surface area contributed by atoms with E-state index < -0.39 is 0 Å². The van der Waals surface area contributed by atoms with Crippen LogP contribution in [0.15, 0.2) is 23.0 Å². The molecule has 4 heterocycles. The lowest BCUT2D eigenvalue weighted by Crippen LogP contribution is -2.47. The number of rotatable bonds is 2. The van der Waals surface area contributed by atoms with Gasteiger partial charge in [0.05, 0.1) is 0 Å². The molecule has 0 aliphatic carbocycles. The first-order chi connectivity index (χ1) is 11.9. The maximum atomic E-state index is 12.2. The maximum absolute atomic E-state index is 12.2. The Morgan fingerprint density at radius 1 is 1.12 bits per heavy atom. The molecule has 2 bridgehead atoms. The number of pyridine rings is 1. The number of fused-ring (bicyclic) bond motifs is 4. The zero-order valence-corrected chi connectivity index (χ0v) is 15.4. The van der Waals surface area contributed by atoms with Crippen molar-refractivity contribution in [2.24, 2.45) is 5.92 Å². The van der Waals surface area contributed by atoms with E-state index in [-0.39, 0.29) is 5.56 Å². The molecule has 0 aromatic carbocycles. The fourth-order valence-electron chi connectivity index (χ4n) is 4.18. The molecule has 6 heteroatoms. The van der Waals surface area contributed by atoms with Gasteiger partial charge in [0.15, 0.2) is 0 Å². The molecular formula is C19H25N5O. The molecular weight excluding hydrogens is 314 g/mol. The van der Waals surface area contributed by atoms with Gasteiger partial charge in [-0.3, -0.25) is 4.79 Å². The Kier molecular flexibility index (Phi) is 3.78. The first kappa shape index (κ1) is 16.1. The zero-order valence-electron chi connectivity index (χ0n) is 15.4. The van der Waals surface area contributed by atoms with E-state index in [0.717, 1.165) is 49.1 Å². The smallest absolute Gasteiger partial charge is 0.250 e. The summed E-state index contributed by atoms with van der Waals surface area (Å²) in [4.78, 5) is 26.0. The molecule has 2 aliphatic rings. The minimum absolute atomic E-state index is 0.129. The quantitative estimate of drug-likeness (QED) is 0.837. The standard InChI is InChI=1S/C19H25N5O/c1-12-13(2)20-19(22(3)4)21-18(12)23-9-14-8-15(11-23)16-6-5-7-17(25)24(16)10-14/h5-7,14-15H,8-11H2,1-4H3. The highest BCUT2D eigenvalue weighted by molar-refractivity contribution is 5.53. The van der Waals surface area contributed by atoms with Crippen molar-refractivity contribution in [2.75, 3.05) is 37.0 Å². The van der Waals surface area contributed by atoms with E-state index in [1.54, 1.807) is 6.07 Å². The van der Waals surface area contributed by atoms with Crippen LogP contribution < -0.4 is 15.4 Å². The molecule has 6 nitrogen and oxygen atoms in total. The largest absolute Gasteiger partial charge is 0.355 e. The van der Waals surface area contributed by atoms with Crippen LogP contribution in [0.2, 0.25) is 0 Å². The van der Waals surface area contributed by atoms with Crippen LogP contribution in [0.1, 0.15) is 29.3 Å². The van der Waals surface area contributed by atoms with E-state index in [1.165, 1.54) is 5.69 Å². The van der Waals surface area contributed by atoms with Gasteiger partial charge in [-0.2, -0.15) is 4.98 Å². The van der Waals surface area contributed by atoms with Crippen molar-refractivity contribution in [1.29, 1.82) is 0 Å². The molecule has 0 radical (unpaired) electrons. The molecule has 2 aliphatic heterocycles. The Bertz CT molecular complexity index is 873. The molecule has 0 saturated carbocycles. The Labute approximate surface area is 148 Å². The highest BCUT2D eigenvalue weighted by atomic mass is 16.1. The van der Waals surface area contributed by atoms with Crippen molar-refractivity contribution in [3.8, 4) is 0 Å². The molecule has 0 N–H and O–H groups in total. The summed E-state index contributed by atoms with van der Waals surface area (Å²) in [5, 5.41) is 0. The molecule has 1 fully saturated rings. The van der Waals surface area contributed by atoms with Crippen molar-refractivity contribution in [3.63, 3.8) is 0 Å². The van der Waals surface area contributed by atoms with Gasteiger partial charge in [0.1, 0.15) is 5.82 Å². The number of anilines is 2. The average Bonchev–Trinajstić information content (AvgIpc) is 2.58. The fraction of sp³-hybridized carbons (Fsp3) is 0.526. The monoisotopic (exact) mass is 339 g/mol. The lowest BCUT2D eigenvalue weighted by molar-refractivity contribution is 0.280. The maximum Gasteiger partial charge on any atom is 0.250 e. The van der Waals surface area contributed by atoms with Crippen molar-refractivity contribution >= 4 is 11.8 Å². The van der Waals surface area contributed by atoms with Gasteiger partial charge in [-0.05, 0) is 32.3 Å². The summed E-state index contributed by atoms with van der Waals surface area (Å²) >= 11 is 0. The number of nitrogens with zero attached hydrogens (tertiary/aromatic N) is 5. The second-order valence-electron chi connectivity index (χ2n) is 7.56. The molecule has 2 aromatic heterocycles. The van der Waals surface area contributed by atoms with Crippen LogP contribution in [0.25, 0.3) is 0 Å². The van der Waals surface area contributed by atoms with Gasteiger partial charge in [-0.25, -0.2) is 4.98 Å². The lowest BCUT2D eigenvalue weighted by Gasteiger charge is -2.43. The third-order valence-electron chi connectivity index (χ3n) is 5.53. The van der Waals surface area contributed by atoms with Gasteiger partial charge < -0.3 is 14.4 Å². The van der Waals surface area contributed by atoms with Gasteiger partial charge in [-0.1, -0.05) is 6.07 Å². The molecule has 2 aromatic rings. The fourth-order valence-corrected chi connectivity index (χ4v) is 4.18. The Balaban J connectivity index is 1.72. The molecule has 2 atom stereocenters. The summed E-state index contributed by atoms with van der Waals surface area (Å²) in [5.74, 6) is 2.67. The Hall–Kier alpha value is -2.37. The van der Waals surface area contributed by atoms with Crippen molar-refractivity contribution in [1.82, 2.24) is 14.5 Å². The predicted octanol–water partition coefficient (Wildman–Crippen LogP) is 1.94. The third kappa shape index (κ3) is 2.69. The normalized spacial score (nSPS) is 21.8. The first-order valence-electron chi connectivity index (χ1n) is 8.91. The molecule has 1 saturated heterocycles. The Morgan fingerprint density at radius 3 is 2.68 bits per heavy atom. The minimum Gasteiger partial charge on any atom is -0.355 e. The number of aryl methyl sites for hydroxylation is 1. The minimum atomic E-state index is 0.129. The van der Waals surface area contributed by atoms with Gasteiger partial charge >= 0.3 is 0 Å². The number of aromatic nitrogens is 3. The van der Waals surface area contributed by atoms with Gasteiger partial charge in [0.25, 0.3) is 5.56 Å². The summed E-state index contributed by atoms with van der Waals surface area (Å²) in [7, 11) is 3.95. The number of piperidine rings is 1. The van der Waals surface area contributed by atoms with E-state index in [0.29, 0.717) is 11.8 Å². The Morgan fingerprint density at radius 2 is 1.92 bits per heavy atom. The number of hydrogen-bond donors (Lipinski definition) is 0. The van der Waals surface area contributed by atoms with Crippen molar-refractivity contribution in [2.45, 2.75) is 32.7 Å². The summed E-state index contributed by atoms with van der Waals surface area (Å²) in [6.07, 6.45) is 1.16. The van der Waals surface area contributed by atoms with Crippen LogP contribution >= 0.6 is 0 Å². The third-order valence-corrected chi connectivity index (χ3v) is 5.53. The van der Waals surface area contributed by atoms with Crippen LogP contribution in [-0.2, 0) is 6.54 Å². The SMILES string of the molecule is Cc1nc(N(C)C)nc(N2CC3CC(C2)c2cccc(=O)n2C3)c1C. The molecule has 0 spiro atoms. The van der Waals surface area contributed by atoms with E-state index in [1.807, 2.05) is 36.6 Å². The second kappa shape index (κ2) is 5.86. The second-order valence-corrected chi connectivity index (χ2v) is 7.56. The number of hydrogen-bond acceptors (Lipinski definition) is 5. The molecule has 4 rings (SSSR count). The van der Waals surface area contributed by atoms with Gasteiger partial charge in [0, 0.05) is 62.7 Å². The van der Waals surface area contributed by atoms with Crippen molar-refractivity contribution in [3.05, 3.63) is 45.5 Å². The molecule has 0 amide bonds. The van der Waals surface area contributed by atoms with Gasteiger partial charge in [-0.15, -0.1) is 0 Å².